The number of rotatable bonds is 8. The molecular weight excluding hydrogens is 250 g/mol. The molecule has 1 aliphatic heterocycles. The van der Waals surface area contributed by atoms with E-state index in [-0.39, 0.29) is 6.04 Å². The van der Waals surface area contributed by atoms with Gasteiger partial charge in [-0.15, -0.1) is 0 Å². The van der Waals surface area contributed by atoms with Crippen molar-refractivity contribution in [1.82, 2.24) is 15.1 Å². The Hall–Kier alpha value is -0.610. The Balaban J connectivity index is 2.55. The summed E-state index contributed by atoms with van der Waals surface area (Å²) in [7, 11) is 0. The highest BCUT2D eigenvalue weighted by Crippen LogP contribution is 2.11. The zero-order valence-corrected chi connectivity index (χ0v) is 13.8. The van der Waals surface area contributed by atoms with Crippen LogP contribution in [0.4, 0.5) is 0 Å². The first-order chi connectivity index (χ1) is 9.58. The van der Waals surface area contributed by atoms with Crippen LogP contribution in [0, 0.1) is 5.92 Å². The molecule has 0 radical (unpaired) electrons. The Morgan fingerprint density at radius 3 is 2.40 bits per heavy atom. The van der Waals surface area contributed by atoms with Crippen LogP contribution in [0.1, 0.15) is 47.0 Å². The van der Waals surface area contributed by atoms with Crippen LogP contribution in [-0.2, 0) is 4.79 Å². The summed E-state index contributed by atoms with van der Waals surface area (Å²) in [6.07, 6.45) is 3.38. The molecular formula is C16H33N3O. The maximum atomic E-state index is 12.7. The van der Waals surface area contributed by atoms with E-state index in [1.165, 1.54) is 12.8 Å². The van der Waals surface area contributed by atoms with Crippen LogP contribution in [0.25, 0.3) is 0 Å². The van der Waals surface area contributed by atoms with Gasteiger partial charge in [-0.25, -0.2) is 0 Å². The number of carbonyl (C=O) groups is 1. The lowest BCUT2D eigenvalue weighted by atomic mass is 10.0. The fourth-order valence-electron chi connectivity index (χ4n) is 2.82. The van der Waals surface area contributed by atoms with E-state index in [1.807, 2.05) is 0 Å². The van der Waals surface area contributed by atoms with Crippen LogP contribution >= 0.6 is 0 Å². The molecule has 0 aromatic carbocycles. The van der Waals surface area contributed by atoms with Crippen LogP contribution in [0.3, 0.4) is 0 Å². The van der Waals surface area contributed by atoms with Gasteiger partial charge in [-0.05, 0) is 38.4 Å². The fourth-order valence-corrected chi connectivity index (χ4v) is 2.82. The number of nitrogens with one attached hydrogen (secondary N) is 1. The highest BCUT2D eigenvalue weighted by Gasteiger charge is 2.26. The third-order valence-corrected chi connectivity index (χ3v) is 4.09. The molecule has 0 aromatic rings. The first-order valence-electron chi connectivity index (χ1n) is 8.33. The lowest BCUT2D eigenvalue weighted by Gasteiger charge is -2.32. The van der Waals surface area contributed by atoms with E-state index in [0.717, 1.165) is 45.7 Å². The van der Waals surface area contributed by atoms with Crippen molar-refractivity contribution < 1.29 is 4.79 Å². The summed E-state index contributed by atoms with van der Waals surface area (Å²) in [6.45, 7) is 14.6. The molecule has 1 rings (SSSR count). The second-order valence-electron chi connectivity index (χ2n) is 6.21. The lowest BCUT2D eigenvalue weighted by Crippen LogP contribution is -2.51. The fraction of sp³-hybridized carbons (Fsp3) is 0.938. The van der Waals surface area contributed by atoms with Gasteiger partial charge in [-0.2, -0.15) is 0 Å². The lowest BCUT2D eigenvalue weighted by molar-refractivity contribution is -0.134. The number of likely N-dealkylation sites (N-methyl/N-ethyl adjacent to an activating group) is 1. The molecule has 0 aromatic heterocycles. The molecule has 118 valence electrons. The second kappa shape index (κ2) is 9.35. The molecule has 0 saturated carbocycles. The number of carbonyl (C=O) groups excluding carboxylic acids is 1. The molecule has 20 heavy (non-hydrogen) atoms. The summed E-state index contributed by atoms with van der Waals surface area (Å²) < 4.78 is 0. The maximum Gasteiger partial charge on any atom is 0.239 e. The molecule has 1 saturated heterocycles. The van der Waals surface area contributed by atoms with Crippen LogP contribution in [0.15, 0.2) is 0 Å². The minimum absolute atomic E-state index is 0.0548. The standard InChI is InChI=1S/C16H33N3O/c1-5-18(6-2)11-12-19(13-14(3)4)16(20)15-9-7-8-10-17-15/h14-15,17H,5-13H2,1-4H3. The molecule has 0 bridgehead atoms. The average molecular weight is 283 g/mol. The molecule has 1 fully saturated rings. The van der Waals surface area contributed by atoms with Gasteiger partial charge in [0, 0.05) is 19.6 Å². The van der Waals surface area contributed by atoms with Crippen molar-refractivity contribution in [2.24, 2.45) is 5.92 Å². The number of hydrogen-bond acceptors (Lipinski definition) is 3. The minimum Gasteiger partial charge on any atom is -0.340 e. The molecule has 1 atom stereocenters. The molecule has 1 unspecified atom stereocenters. The van der Waals surface area contributed by atoms with Crippen molar-refractivity contribution in [3.63, 3.8) is 0 Å². The predicted octanol–water partition coefficient (Wildman–Crippen LogP) is 1.95. The van der Waals surface area contributed by atoms with Crippen molar-refractivity contribution in [3.05, 3.63) is 0 Å². The SMILES string of the molecule is CCN(CC)CCN(CC(C)C)C(=O)C1CCCCN1. The quantitative estimate of drug-likeness (QED) is 0.739. The molecule has 0 aliphatic carbocycles. The van der Waals surface area contributed by atoms with Crippen molar-refractivity contribution in [3.8, 4) is 0 Å². The van der Waals surface area contributed by atoms with Crippen molar-refractivity contribution >= 4 is 5.91 Å². The molecule has 1 amide bonds. The topological polar surface area (TPSA) is 35.6 Å². The minimum atomic E-state index is 0.0548. The molecule has 0 spiro atoms. The summed E-state index contributed by atoms with van der Waals surface area (Å²) in [6, 6.07) is 0.0548. The van der Waals surface area contributed by atoms with Gasteiger partial charge in [-0.1, -0.05) is 34.1 Å². The number of piperidine rings is 1. The highest BCUT2D eigenvalue weighted by atomic mass is 16.2. The monoisotopic (exact) mass is 283 g/mol. The van der Waals surface area contributed by atoms with Crippen molar-refractivity contribution in [2.45, 2.75) is 53.0 Å². The first-order valence-corrected chi connectivity index (χ1v) is 8.33. The van der Waals surface area contributed by atoms with E-state index in [2.05, 4.69) is 42.8 Å². The van der Waals surface area contributed by atoms with E-state index in [1.54, 1.807) is 0 Å². The smallest absolute Gasteiger partial charge is 0.239 e. The summed E-state index contributed by atoms with van der Waals surface area (Å²) in [5.74, 6) is 0.838. The predicted molar refractivity (Wildman–Crippen MR) is 84.8 cm³/mol. The Morgan fingerprint density at radius 1 is 1.20 bits per heavy atom. The Morgan fingerprint density at radius 2 is 1.90 bits per heavy atom. The third-order valence-electron chi connectivity index (χ3n) is 4.09. The van der Waals surface area contributed by atoms with E-state index in [0.29, 0.717) is 11.8 Å². The van der Waals surface area contributed by atoms with Gasteiger partial charge in [0.15, 0.2) is 0 Å². The summed E-state index contributed by atoms with van der Waals surface area (Å²) >= 11 is 0. The summed E-state index contributed by atoms with van der Waals surface area (Å²) in [4.78, 5) is 17.1. The Kier molecular flexibility index (Phi) is 8.15. The molecule has 1 aliphatic rings. The summed E-state index contributed by atoms with van der Waals surface area (Å²) in [5, 5.41) is 3.38. The Bertz CT molecular complexity index is 271. The number of nitrogens with zero attached hydrogens (tertiary/aromatic N) is 2. The normalized spacial score (nSPS) is 19.6. The second-order valence-corrected chi connectivity index (χ2v) is 6.21. The zero-order chi connectivity index (χ0) is 15.0. The third kappa shape index (κ3) is 5.80. The number of amides is 1. The largest absolute Gasteiger partial charge is 0.340 e. The number of hydrogen-bond donors (Lipinski definition) is 1. The highest BCUT2D eigenvalue weighted by molar-refractivity contribution is 5.82. The molecule has 4 nitrogen and oxygen atoms in total. The van der Waals surface area contributed by atoms with Crippen molar-refractivity contribution in [2.75, 3.05) is 39.3 Å². The van der Waals surface area contributed by atoms with Crippen LogP contribution < -0.4 is 5.32 Å². The van der Waals surface area contributed by atoms with Gasteiger partial charge >= 0.3 is 0 Å². The molecule has 1 N–H and O–H groups in total. The van der Waals surface area contributed by atoms with Gasteiger partial charge in [0.25, 0.3) is 0 Å². The van der Waals surface area contributed by atoms with E-state index in [9.17, 15) is 4.79 Å². The van der Waals surface area contributed by atoms with E-state index < -0.39 is 0 Å². The van der Waals surface area contributed by atoms with Gasteiger partial charge in [0.2, 0.25) is 5.91 Å². The average Bonchev–Trinajstić information content (AvgIpc) is 2.46. The summed E-state index contributed by atoms with van der Waals surface area (Å²) in [5.41, 5.74) is 0. The van der Waals surface area contributed by atoms with Gasteiger partial charge in [0.05, 0.1) is 6.04 Å². The Labute approximate surface area is 124 Å². The van der Waals surface area contributed by atoms with Crippen LogP contribution in [0.2, 0.25) is 0 Å². The molecule has 4 heteroatoms. The van der Waals surface area contributed by atoms with Crippen molar-refractivity contribution in [1.29, 1.82) is 0 Å². The van der Waals surface area contributed by atoms with E-state index >= 15 is 0 Å². The van der Waals surface area contributed by atoms with Gasteiger partial charge in [0.1, 0.15) is 0 Å². The molecule has 1 heterocycles. The first kappa shape index (κ1) is 17.4. The maximum absolute atomic E-state index is 12.7. The van der Waals surface area contributed by atoms with E-state index in [4.69, 9.17) is 0 Å². The zero-order valence-electron chi connectivity index (χ0n) is 13.8. The van der Waals surface area contributed by atoms with Gasteiger partial charge in [-0.3, -0.25) is 4.79 Å². The van der Waals surface area contributed by atoms with Gasteiger partial charge < -0.3 is 15.1 Å². The van der Waals surface area contributed by atoms with Crippen LogP contribution in [0.5, 0.6) is 0 Å². The van der Waals surface area contributed by atoms with Crippen LogP contribution in [-0.4, -0.2) is 61.0 Å².